The van der Waals surface area contributed by atoms with Crippen LogP contribution in [0.5, 0.6) is 0 Å². The van der Waals surface area contributed by atoms with Crippen molar-refractivity contribution in [3.05, 3.63) is 53.7 Å². The maximum absolute atomic E-state index is 12.5. The molecule has 4 nitrogen and oxygen atoms in total. The molecule has 3 aromatic rings. The number of hydrogen-bond acceptors (Lipinski definition) is 3. The van der Waals surface area contributed by atoms with Gasteiger partial charge < -0.3 is 8.98 Å². The van der Waals surface area contributed by atoms with Crippen molar-refractivity contribution in [3.8, 4) is 0 Å². The zero-order valence-corrected chi connectivity index (χ0v) is 12.3. The van der Waals surface area contributed by atoms with E-state index in [1.54, 1.807) is 12.3 Å². The Labute approximate surface area is 123 Å². The predicted molar refractivity (Wildman–Crippen MR) is 81.5 cm³/mol. The van der Waals surface area contributed by atoms with Crippen molar-refractivity contribution < 1.29 is 9.21 Å². The van der Waals surface area contributed by atoms with Crippen LogP contribution in [0.25, 0.3) is 11.0 Å². The number of benzene rings is 1. The summed E-state index contributed by atoms with van der Waals surface area (Å²) in [5.74, 6) is 1.62. The minimum absolute atomic E-state index is 0.0607. The molecule has 0 fully saturated rings. The number of aryl methyl sites for hydroxylation is 2. The molecular formula is C17H18N2O2. The maximum atomic E-state index is 12.5. The third kappa shape index (κ3) is 2.37. The summed E-state index contributed by atoms with van der Waals surface area (Å²) in [5, 5.41) is 0. The highest BCUT2D eigenvalue weighted by Gasteiger charge is 2.17. The van der Waals surface area contributed by atoms with Gasteiger partial charge in [-0.2, -0.15) is 0 Å². The van der Waals surface area contributed by atoms with Gasteiger partial charge >= 0.3 is 0 Å². The molecule has 2 aromatic heterocycles. The molecule has 0 N–H and O–H groups in total. The highest BCUT2D eigenvalue weighted by atomic mass is 16.3. The Morgan fingerprint density at radius 3 is 2.81 bits per heavy atom. The van der Waals surface area contributed by atoms with Crippen molar-refractivity contribution in [1.82, 2.24) is 9.55 Å². The highest BCUT2D eigenvalue weighted by Crippen LogP contribution is 2.19. The second kappa shape index (κ2) is 5.56. The number of furan rings is 1. The number of Topliss-reactive ketones (excluding diaryl/α,β-unsaturated/α-hetero) is 1. The van der Waals surface area contributed by atoms with Gasteiger partial charge in [0.15, 0.2) is 5.78 Å². The Morgan fingerprint density at radius 1 is 1.24 bits per heavy atom. The quantitative estimate of drug-likeness (QED) is 0.671. The Balaban J connectivity index is 1.96. The Morgan fingerprint density at radius 2 is 2.05 bits per heavy atom. The number of nitrogens with zero attached hydrogens (tertiary/aromatic N) is 2. The normalized spacial score (nSPS) is 11.1. The van der Waals surface area contributed by atoms with E-state index in [9.17, 15) is 4.79 Å². The van der Waals surface area contributed by atoms with E-state index in [1.165, 1.54) is 0 Å². The van der Waals surface area contributed by atoms with Crippen molar-refractivity contribution in [2.45, 2.75) is 33.2 Å². The first-order valence-corrected chi connectivity index (χ1v) is 7.28. The first kappa shape index (κ1) is 13.6. The second-order valence-corrected chi connectivity index (χ2v) is 4.97. The summed E-state index contributed by atoms with van der Waals surface area (Å²) in [6, 6.07) is 9.72. The molecule has 0 amide bonds. The molecule has 3 rings (SSSR count). The van der Waals surface area contributed by atoms with E-state index >= 15 is 0 Å². The fourth-order valence-corrected chi connectivity index (χ4v) is 2.71. The lowest BCUT2D eigenvalue weighted by Crippen LogP contribution is -2.10. The van der Waals surface area contributed by atoms with Gasteiger partial charge in [0.2, 0.25) is 0 Å². The van der Waals surface area contributed by atoms with Crippen LogP contribution >= 0.6 is 0 Å². The standard InChI is InChI=1S/C17H18N2O2/c1-3-16-12(9-10-21-16)15(20)11-17-18-13-7-5-6-8-14(13)19(17)4-2/h5-10H,3-4,11H2,1-2H3. The molecule has 0 saturated heterocycles. The van der Waals surface area contributed by atoms with Crippen LogP contribution in [0, 0.1) is 0 Å². The predicted octanol–water partition coefficient (Wildman–Crippen LogP) is 3.64. The van der Waals surface area contributed by atoms with Gasteiger partial charge in [0.25, 0.3) is 0 Å². The zero-order chi connectivity index (χ0) is 14.8. The summed E-state index contributed by atoms with van der Waals surface area (Å²) < 4.78 is 7.44. The van der Waals surface area contributed by atoms with Gasteiger partial charge in [-0.3, -0.25) is 4.79 Å². The van der Waals surface area contributed by atoms with Gasteiger partial charge in [-0.25, -0.2) is 4.98 Å². The van der Waals surface area contributed by atoms with E-state index in [-0.39, 0.29) is 5.78 Å². The fraction of sp³-hybridized carbons (Fsp3) is 0.294. The van der Waals surface area contributed by atoms with Gasteiger partial charge in [-0.05, 0) is 25.1 Å². The third-order valence-electron chi connectivity index (χ3n) is 3.74. The summed E-state index contributed by atoms with van der Waals surface area (Å²) in [6.45, 7) is 4.85. The molecule has 0 radical (unpaired) electrons. The minimum Gasteiger partial charge on any atom is -0.469 e. The molecule has 0 aliphatic carbocycles. The van der Waals surface area contributed by atoms with E-state index < -0.39 is 0 Å². The van der Waals surface area contributed by atoms with Gasteiger partial charge in [0.05, 0.1) is 29.3 Å². The largest absolute Gasteiger partial charge is 0.469 e. The molecule has 0 aliphatic heterocycles. The number of imidazole rings is 1. The zero-order valence-electron chi connectivity index (χ0n) is 12.3. The first-order chi connectivity index (χ1) is 10.2. The first-order valence-electron chi connectivity index (χ1n) is 7.28. The van der Waals surface area contributed by atoms with Crippen molar-refractivity contribution >= 4 is 16.8 Å². The van der Waals surface area contributed by atoms with E-state index in [2.05, 4.69) is 16.5 Å². The number of hydrogen-bond donors (Lipinski definition) is 0. The number of fused-ring (bicyclic) bond motifs is 1. The lowest BCUT2D eigenvalue weighted by molar-refractivity contribution is 0.0988. The van der Waals surface area contributed by atoms with Crippen molar-refractivity contribution in [1.29, 1.82) is 0 Å². The van der Waals surface area contributed by atoms with Crippen molar-refractivity contribution in [2.75, 3.05) is 0 Å². The summed E-state index contributed by atoms with van der Waals surface area (Å²) >= 11 is 0. The summed E-state index contributed by atoms with van der Waals surface area (Å²) in [7, 11) is 0. The summed E-state index contributed by atoms with van der Waals surface area (Å²) in [6.07, 6.45) is 2.60. The van der Waals surface area contributed by atoms with E-state index in [1.807, 2.05) is 31.2 Å². The van der Waals surface area contributed by atoms with Gasteiger partial charge in [-0.1, -0.05) is 19.1 Å². The number of carbonyl (C=O) groups excluding carboxylic acids is 1. The number of ketones is 1. The summed E-state index contributed by atoms with van der Waals surface area (Å²) in [4.78, 5) is 17.1. The molecule has 108 valence electrons. The molecule has 4 heteroatoms. The molecule has 0 bridgehead atoms. The Kier molecular flexibility index (Phi) is 3.60. The fourth-order valence-electron chi connectivity index (χ4n) is 2.71. The summed E-state index contributed by atoms with van der Waals surface area (Å²) in [5.41, 5.74) is 2.68. The second-order valence-electron chi connectivity index (χ2n) is 4.97. The molecule has 1 aromatic carbocycles. The topological polar surface area (TPSA) is 48.0 Å². The SMILES string of the molecule is CCc1occc1C(=O)Cc1nc2ccccc2n1CC. The van der Waals surface area contributed by atoms with Crippen molar-refractivity contribution in [3.63, 3.8) is 0 Å². The molecule has 0 spiro atoms. The van der Waals surface area contributed by atoms with Crippen LogP contribution in [0.1, 0.15) is 35.8 Å². The van der Waals surface area contributed by atoms with Crippen LogP contribution in [0.2, 0.25) is 0 Å². The lowest BCUT2D eigenvalue weighted by atomic mass is 10.1. The highest BCUT2D eigenvalue weighted by molar-refractivity contribution is 5.98. The molecule has 0 atom stereocenters. The molecule has 21 heavy (non-hydrogen) atoms. The van der Waals surface area contributed by atoms with Crippen molar-refractivity contribution in [2.24, 2.45) is 0 Å². The van der Waals surface area contributed by atoms with Crippen LogP contribution in [0.4, 0.5) is 0 Å². The Hall–Kier alpha value is -2.36. The van der Waals surface area contributed by atoms with Gasteiger partial charge in [0.1, 0.15) is 11.6 Å². The minimum atomic E-state index is 0.0607. The van der Waals surface area contributed by atoms with Crippen LogP contribution in [-0.2, 0) is 19.4 Å². The number of aromatic nitrogens is 2. The molecule has 0 saturated carbocycles. The van der Waals surface area contributed by atoms with Crippen LogP contribution in [0.3, 0.4) is 0 Å². The average Bonchev–Trinajstić information content (AvgIpc) is 3.10. The Bertz CT molecular complexity index is 783. The van der Waals surface area contributed by atoms with E-state index in [0.29, 0.717) is 12.0 Å². The van der Waals surface area contributed by atoms with Gasteiger partial charge in [-0.15, -0.1) is 0 Å². The van der Waals surface area contributed by atoms with Gasteiger partial charge in [0, 0.05) is 13.0 Å². The monoisotopic (exact) mass is 282 g/mol. The molecule has 2 heterocycles. The van der Waals surface area contributed by atoms with Crippen LogP contribution in [0.15, 0.2) is 41.0 Å². The number of para-hydroxylation sites is 2. The molecule has 0 unspecified atom stereocenters. The number of carbonyl (C=O) groups is 1. The lowest BCUT2D eigenvalue weighted by Gasteiger charge is -2.05. The average molecular weight is 282 g/mol. The third-order valence-corrected chi connectivity index (χ3v) is 3.74. The maximum Gasteiger partial charge on any atom is 0.173 e. The number of rotatable bonds is 5. The van der Waals surface area contributed by atoms with Crippen LogP contribution < -0.4 is 0 Å². The van der Waals surface area contributed by atoms with E-state index in [4.69, 9.17) is 4.42 Å². The van der Waals surface area contributed by atoms with E-state index in [0.717, 1.165) is 35.6 Å². The smallest absolute Gasteiger partial charge is 0.173 e. The molecular weight excluding hydrogens is 264 g/mol. The molecule has 0 aliphatic rings. The van der Waals surface area contributed by atoms with Crippen LogP contribution in [-0.4, -0.2) is 15.3 Å².